The van der Waals surface area contributed by atoms with E-state index >= 15 is 0 Å². The van der Waals surface area contributed by atoms with Gasteiger partial charge in [-0.3, -0.25) is 0 Å². The molecule has 0 bridgehead atoms. The highest BCUT2D eigenvalue weighted by atomic mass is 16.5. The summed E-state index contributed by atoms with van der Waals surface area (Å²) in [6.45, 7) is 7.41. The number of ether oxygens (including phenoxy) is 1. The molecule has 2 rings (SSSR count). The van der Waals surface area contributed by atoms with Gasteiger partial charge >= 0.3 is 0 Å². The Kier molecular flexibility index (Phi) is 4.63. The third kappa shape index (κ3) is 3.58. The van der Waals surface area contributed by atoms with Crippen molar-refractivity contribution in [1.29, 1.82) is 0 Å². The van der Waals surface area contributed by atoms with E-state index in [4.69, 9.17) is 4.74 Å². The van der Waals surface area contributed by atoms with E-state index in [2.05, 4.69) is 42.1 Å². The smallest absolute Gasteiger partial charge is 0.0758 e. The standard InChI is InChI=1S/C14H24N2O/c1-3-8-15-10-13-5-4-9-16(13)11-14-7-6-12(2)17-14/h4-5,9,12,14-15H,3,6-8,10-11H2,1-2H3. The van der Waals surface area contributed by atoms with Crippen molar-refractivity contribution in [1.82, 2.24) is 9.88 Å². The monoisotopic (exact) mass is 236 g/mol. The number of rotatable bonds is 6. The Bertz CT molecular complexity index is 335. The van der Waals surface area contributed by atoms with Gasteiger partial charge in [0, 0.05) is 25.0 Å². The Hall–Kier alpha value is -0.800. The fourth-order valence-electron chi connectivity index (χ4n) is 2.42. The minimum atomic E-state index is 0.405. The molecule has 0 saturated carbocycles. The molecule has 0 radical (unpaired) electrons. The normalized spacial score (nSPS) is 24.4. The Morgan fingerprint density at radius 1 is 1.47 bits per heavy atom. The molecular weight excluding hydrogens is 212 g/mol. The lowest BCUT2D eigenvalue weighted by Gasteiger charge is -2.15. The molecule has 1 aliphatic heterocycles. The largest absolute Gasteiger partial charge is 0.373 e. The first-order valence-electron chi connectivity index (χ1n) is 6.79. The predicted octanol–water partition coefficient (Wildman–Crippen LogP) is 2.56. The van der Waals surface area contributed by atoms with Crippen LogP contribution in [-0.2, 0) is 17.8 Å². The molecule has 1 aromatic heterocycles. The molecule has 3 heteroatoms. The van der Waals surface area contributed by atoms with Crippen LogP contribution in [0.15, 0.2) is 18.3 Å². The second-order valence-corrected chi connectivity index (χ2v) is 4.97. The third-order valence-electron chi connectivity index (χ3n) is 3.38. The maximum absolute atomic E-state index is 5.87. The molecule has 1 aliphatic rings. The lowest BCUT2D eigenvalue weighted by atomic mass is 10.2. The van der Waals surface area contributed by atoms with Crippen LogP contribution in [0.3, 0.4) is 0 Å². The van der Waals surface area contributed by atoms with Gasteiger partial charge in [0.15, 0.2) is 0 Å². The van der Waals surface area contributed by atoms with Crippen molar-refractivity contribution in [2.45, 2.75) is 58.4 Å². The molecule has 2 heterocycles. The van der Waals surface area contributed by atoms with Gasteiger partial charge in [0.25, 0.3) is 0 Å². The predicted molar refractivity (Wildman–Crippen MR) is 70.0 cm³/mol. The van der Waals surface area contributed by atoms with Gasteiger partial charge in [-0.1, -0.05) is 6.92 Å². The van der Waals surface area contributed by atoms with Crippen LogP contribution in [0.25, 0.3) is 0 Å². The summed E-state index contributed by atoms with van der Waals surface area (Å²) in [5.41, 5.74) is 1.36. The molecule has 1 N–H and O–H groups in total. The van der Waals surface area contributed by atoms with Crippen LogP contribution >= 0.6 is 0 Å². The van der Waals surface area contributed by atoms with E-state index in [1.165, 1.54) is 25.0 Å². The molecule has 2 atom stereocenters. The van der Waals surface area contributed by atoms with Crippen LogP contribution in [0, 0.1) is 0 Å². The first-order chi connectivity index (χ1) is 8.29. The average molecular weight is 236 g/mol. The third-order valence-corrected chi connectivity index (χ3v) is 3.38. The first kappa shape index (κ1) is 12.7. The van der Waals surface area contributed by atoms with Crippen molar-refractivity contribution in [3.8, 4) is 0 Å². The van der Waals surface area contributed by atoms with E-state index in [1.807, 2.05) is 0 Å². The van der Waals surface area contributed by atoms with Crippen LogP contribution in [0.4, 0.5) is 0 Å². The van der Waals surface area contributed by atoms with E-state index in [0.29, 0.717) is 12.2 Å². The molecular formula is C14H24N2O. The Morgan fingerprint density at radius 2 is 2.35 bits per heavy atom. The fraction of sp³-hybridized carbons (Fsp3) is 0.714. The Balaban J connectivity index is 1.85. The summed E-state index contributed by atoms with van der Waals surface area (Å²) < 4.78 is 8.20. The molecule has 1 aromatic rings. The molecule has 96 valence electrons. The van der Waals surface area contributed by atoms with Gasteiger partial charge in [0.2, 0.25) is 0 Å². The molecule has 1 saturated heterocycles. The number of hydrogen-bond donors (Lipinski definition) is 1. The van der Waals surface area contributed by atoms with Gasteiger partial charge in [-0.2, -0.15) is 0 Å². The molecule has 0 aliphatic carbocycles. The van der Waals surface area contributed by atoms with Gasteiger partial charge in [-0.15, -0.1) is 0 Å². The van der Waals surface area contributed by atoms with E-state index in [0.717, 1.165) is 19.6 Å². The Labute approximate surface area is 104 Å². The summed E-state index contributed by atoms with van der Waals surface area (Å²) in [7, 11) is 0. The van der Waals surface area contributed by atoms with E-state index in [-0.39, 0.29) is 0 Å². The summed E-state index contributed by atoms with van der Waals surface area (Å²) in [4.78, 5) is 0. The summed E-state index contributed by atoms with van der Waals surface area (Å²) in [5.74, 6) is 0. The van der Waals surface area contributed by atoms with E-state index < -0.39 is 0 Å². The number of hydrogen-bond acceptors (Lipinski definition) is 2. The lowest BCUT2D eigenvalue weighted by Crippen LogP contribution is -2.21. The summed E-state index contributed by atoms with van der Waals surface area (Å²) in [6.07, 6.45) is 6.59. The van der Waals surface area contributed by atoms with Gasteiger partial charge in [-0.05, 0) is 44.9 Å². The van der Waals surface area contributed by atoms with Crippen LogP contribution in [0.2, 0.25) is 0 Å². The number of nitrogens with one attached hydrogen (secondary N) is 1. The zero-order valence-corrected chi connectivity index (χ0v) is 11.0. The molecule has 2 unspecified atom stereocenters. The van der Waals surface area contributed by atoms with Crippen LogP contribution in [0.1, 0.15) is 38.8 Å². The van der Waals surface area contributed by atoms with Crippen molar-refractivity contribution < 1.29 is 4.74 Å². The van der Waals surface area contributed by atoms with Crippen molar-refractivity contribution in [2.75, 3.05) is 6.54 Å². The number of nitrogens with zero attached hydrogens (tertiary/aromatic N) is 1. The molecule has 3 nitrogen and oxygen atoms in total. The second-order valence-electron chi connectivity index (χ2n) is 4.97. The molecule has 0 aromatic carbocycles. The van der Waals surface area contributed by atoms with Crippen molar-refractivity contribution in [3.63, 3.8) is 0 Å². The van der Waals surface area contributed by atoms with Gasteiger partial charge in [-0.25, -0.2) is 0 Å². The van der Waals surface area contributed by atoms with Crippen LogP contribution < -0.4 is 5.32 Å². The highest BCUT2D eigenvalue weighted by Gasteiger charge is 2.22. The van der Waals surface area contributed by atoms with Crippen molar-refractivity contribution in [2.24, 2.45) is 0 Å². The lowest BCUT2D eigenvalue weighted by molar-refractivity contribution is 0.0454. The second kappa shape index (κ2) is 6.22. The zero-order valence-electron chi connectivity index (χ0n) is 11.0. The molecule has 17 heavy (non-hydrogen) atoms. The van der Waals surface area contributed by atoms with Gasteiger partial charge < -0.3 is 14.6 Å². The quantitative estimate of drug-likeness (QED) is 0.768. The maximum atomic E-state index is 5.87. The summed E-state index contributed by atoms with van der Waals surface area (Å²) in [6, 6.07) is 4.32. The minimum absolute atomic E-state index is 0.405. The highest BCUT2D eigenvalue weighted by molar-refractivity contribution is 5.07. The summed E-state index contributed by atoms with van der Waals surface area (Å²) in [5, 5.41) is 3.45. The molecule has 1 fully saturated rings. The van der Waals surface area contributed by atoms with Crippen molar-refractivity contribution in [3.05, 3.63) is 24.0 Å². The zero-order chi connectivity index (χ0) is 12.1. The maximum Gasteiger partial charge on any atom is 0.0758 e. The molecule has 0 spiro atoms. The number of aromatic nitrogens is 1. The van der Waals surface area contributed by atoms with Gasteiger partial charge in [0.05, 0.1) is 12.2 Å². The minimum Gasteiger partial charge on any atom is -0.373 e. The Morgan fingerprint density at radius 3 is 3.06 bits per heavy atom. The van der Waals surface area contributed by atoms with Crippen molar-refractivity contribution >= 4 is 0 Å². The highest BCUT2D eigenvalue weighted by Crippen LogP contribution is 2.21. The van der Waals surface area contributed by atoms with E-state index in [9.17, 15) is 0 Å². The first-order valence-corrected chi connectivity index (χ1v) is 6.79. The fourth-order valence-corrected chi connectivity index (χ4v) is 2.42. The SMILES string of the molecule is CCCNCc1cccn1CC1CCC(C)O1. The summed E-state index contributed by atoms with van der Waals surface area (Å²) >= 11 is 0. The van der Waals surface area contributed by atoms with Crippen LogP contribution in [0.5, 0.6) is 0 Å². The van der Waals surface area contributed by atoms with Gasteiger partial charge in [0.1, 0.15) is 0 Å². The van der Waals surface area contributed by atoms with E-state index in [1.54, 1.807) is 0 Å². The van der Waals surface area contributed by atoms with Crippen LogP contribution in [-0.4, -0.2) is 23.3 Å². The molecule has 0 amide bonds. The topological polar surface area (TPSA) is 26.2 Å². The average Bonchev–Trinajstić information content (AvgIpc) is 2.90.